The lowest BCUT2D eigenvalue weighted by molar-refractivity contribution is -0.118. The number of hydrogen-bond donors (Lipinski definition) is 3. The molecule has 1 amide bonds. The first kappa shape index (κ1) is 16.5. The molecular weight excluding hydrogens is 351 g/mol. The molecule has 1 atom stereocenters. The molecule has 2 aromatic rings. The number of aromatic nitrogens is 3. The molecule has 7 nitrogen and oxygen atoms in total. The summed E-state index contributed by atoms with van der Waals surface area (Å²) in [4.78, 5) is 22.9. The largest absolute Gasteiger partial charge is 0.368 e. The number of halogens is 3. The third-order valence-electron chi connectivity index (χ3n) is 2.73. The average molecular weight is 362 g/mol. The summed E-state index contributed by atoms with van der Waals surface area (Å²) in [5, 5.41) is 3.39. The Morgan fingerprint density at radius 2 is 1.95 bits per heavy atom. The molecule has 0 bridgehead atoms. The minimum Gasteiger partial charge on any atom is -0.368 e. The fraction of sp³-hybridized carbons (Fsp3) is 0.167. The molecule has 0 aliphatic carbocycles. The van der Waals surface area contributed by atoms with E-state index in [2.05, 4.69) is 20.3 Å². The number of primary amides is 1. The van der Waals surface area contributed by atoms with Gasteiger partial charge >= 0.3 is 0 Å². The van der Waals surface area contributed by atoms with Crippen LogP contribution in [0.1, 0.15) is 5.56 Å². The highest BCUT2D eigenvalue weighted by atomic mass is 35.5. The summed E-state index contributed by atoms with van der Waals surface area (Å²) < 4.78 is 0. The maximum atomic E-state index is 11.6. The summed E-state index contributed by atoms with van der Waals surface area (Å²) >= 11 is 17.7. The predicted molar refractivity (Wildman–Crippen MR) is 86.0 cm³/mol. The van der Waals surface area contributed by atoms with Gasteiger partial charge in [0.15, 0.2) is 0 Å². The van der Waals surface area contributed by atoms with Gasteiger partial charge in [-0.3, -0.25) is 4.79 Å². The van der Waals surface area contributed by atoms with Gasteiger partial charge in [-0.2, -0.15) is 15.0 Å². The van der Waals surface area contributed by atoms with Gasteiger partial charge in [-0.05, 0) is 23.2 Å². The van der Waals surface area contributed by atoms with Crippen LogP contribution in [0.3, 0.4) is 0 Å². The number of nitrogens with two attached hydrogens (primary N) is 2. The Kier molecular flexibility index (Phi) is 5.23. The topological polar surface area (TPSA) is 120 Å². The molecule has 1 aromatic heterocycles. The number of amides is 1. The first-order valence-corrected chi connectivity index (χ1v) is 7.16. The molecule has 0 spiro atoms. The third kappa shape index (κ3) is 4.09. The van der Waals surface area contributed by atoms with Crippen LogP contribution < -0.4 is 16.8 Å². The minimum absolute atomic E-state index is 0.0412. The summed E-state index contributed by atoms with van der Waals surface area (Å²) in [5.74, 6) is -0.655. The monoisotopic (exact) mass is 360 g/mol. The lowest BCUT2D eigenvalue weighted by Crippen LogP contribution is -2.38. The number of benzene rings is 1. The predicted octanol–water partition coefficient (Wildman–Crippen LogP) is 1.92. The standard InChI is InChI=1S/C12H11Cl3N6O/c13-6-3-1-2-5(8(6)14)4-7(9(16)22)18-12-20-10(15)19-11(17)21-12/h1-3,7H,4H2,(H2,16,22)(H3,17,18,19,20,21). The molecule has 0 aliphatic rings. The highest BCUT2D eigenvalue weighted by Crippen LogP contribution is 2.26. The van der Waals surface area contributed by atoms with Crippen LogP contribution in [0.5, 0.6) is 0 Å². The Bertz CT molecular complexity index is 691. The Labute approximate surface area is 141 Å². The van der Waals surface area contributed by atoms with Gasteiger partial charge in [0.25, 0.3) is 0 Å². The fourth-order valence-corrected chi connectivity index (χ4v) is 2.30. The minimum atomic E-state index is -0.825. The molecule has 0 saturated heterocycles. The molecule has 2 rings (SSSR count). The summed E-state index contributed by atoms with van der Waals surface area (Å²) in [6.07, 6.45) is 0.192. The number of carbonyl (C=O) groups excluding carboxylic acids is 1. The van der Waals surface area contributed by atoms with E-state index < -0.39 is 11.9 Å². The Hall–Kier alpha value is -1.83. The first-order valence-electron chi connectivity index (χ1n) is 6.02. The lowest BCUT2D eigenvalue weighted by atomic mass is 10.1. The zero-order valence-corrected chi connectivity index (χ0v) is 13.3. The van der Waals surface area contributed by atoms with Crippen molar-refractivity contribution in [3.05, 3.63) is 39.1 Å². The molecule has 0 fully saturated rings. The number of hydrogen-bond acceptors (Lipinski definition) is 6. The van der Waals surface area contributed by atoms with E-state index >= 15 is 0 Å². The Morgan fingerprint density at radius 1 is 1.23 bits per heavy atom. The molecule has 1 heterocycles. The van der Waals surface area contributed by atoms with Crippen molar-refractivity contribution >= 4 is 52.6 Å². The first-order chi connectivity index (χ1) is 10.4. The van der Waals surface area contributed by atoms with Crippen molar-refractivity contribution < 1.29 is 4.79 Å². The van der Waals surface area contributed by atoms with Crippen LogP contribution in [0.15, 0.2) is 18.2 Å². The van der Waals surface area contributed by atoms with Crippen molar-refractivity contribution in [3.8, 4) is 0 Å². The zero-order chi connectivity index (χ0) is 16.3. The maximum absolute atomic E-state index is 11.6. The van der Waals surface area contributed by atoms with Gasteiger partial charge in [0, 0.05) is 6.42 Å². The van der Waals surface area contributed by atoms with Gasteiger partial charge in [-0.15, -0.1) is 0 Å². The quantitative estimate of drug-likeness (QED) is 0.748. The highest BCUT2D eigenvalue weighted by molar-refractivity contribution is 6.42. The van der Waals surface area contributed by atoms with Crippen LogP contribution in [0, 0.1) is 0 Å². The molecular formula is C12H11Cl3N6O. The number of nitrogens with one attached hydrogen (secondary N) is 1. The van der Waals surface area contributed by atoms with Crippen LogP contribution >= 0.6 is 34.8 Å². The zero-order valence-electron chi connectivity index (χ0n) is 11.1. The van der Waals surface area contributed by atoms with Gasteiger partial charge in [-0.25, -0.2) is 0 Å². The number of rotatable bonds is 5. The van der Waals surface area contributed by atoms with Crippen LogP contribution in [-0.4, -0.2) is 26.9 Å². The van der Waals surface area contributed by atoms with Gasteiger partial charge in [0.05, 0.1) is 10.0 Å². The number of nitrogen functional groups attached to an aromatic ring is 1. The van der Waals surface area contributed by atoms with Crippen molar-refractivity contribution in [1.29, 1.82) is 0 Å². The van der Waals surface area contributed by atoms with Crippen molar-refractivity contribution in [1.82, 2.24) is 15.0 Å². The van der Waals surface area contributed by atoms with E-state index in [1.165, 1.54) is 0 Å². The van der Waals surface area contributed by atoms with Gasteiger partial charge in [0.1, 0.15) is 6.04 Å². The fourth-order valence-electron chi connectivity index (χ4n) is 1.73. The van der Waals surface area contributed by atoms with Crippen LogP contribution in [-0.2, 0) is 11.2 Å². The third-order valence-corrected chi connectivity index (χ3v) is 3.75. The van der Waals surface area contributed by atoms with Crippen molar-refractivity contribution in [3.63, 3.8) is 0 Å². The summed E-state index contributed by atoms with van der Waals surface area (Å²) in [7, 11) is 0. The molecule has 10 heteroatoms. The Balaban J connectivity index is 2.23. The van der Waals surface area contributed by atoms with Crippen LogP contribution in [0.2, 0.25) is 15.3 Å². The van der Waals surface area contributed by atoms with E-state index in [4.69, 9.17) is 46.3 Å². The van der Waals surface area contributed by atoms with E-state index in [1.807, 2.05) is 0 Å². The van der Waals surface area contributed by atoms with E-state index in [9.17, 15) is 4.79 Å². The second-order valence-electron chi connectivity index (χ2n) is 4.30. The summed E-state index contributed by atoms with van der Waals surface area (Å²) in [5.41, 5.74) is 11.5. The molecule has 0 aliphatic heterocycles. The number of carbonyl (C=O) groups is 1. The van der Waals surface area contributed by atoms with Gasteiger partial charge in [0.2, 0.25) is 23.1 Å². The lowest BCUT2D eigenvalue weighted by Gasteiger charge is -2.16. The van der Waals surface area contributed by atoms with E-state index in [0.717, 1.165) is 0 Å². The van der Waals surface area contributed by atoms with Gasteiger partial charge in [-0.1, -0.05) is 35.3 Å². The molecule has 0 radical (unpaired) electrons. The van der Waals surface area contributed by atoms with Crippen LogP contribution in [0.4, 0.5) is 11.9 Å². The van der Waals surface area contributed by atoms with Crippen molar-refractivity contribution in [2.75, 3.05) is 11.1 Å². The van der Waals surface area contributed by atoms with Crippen LogP contribution in [0.25, 0.3) is 0 Å². The molecule has 1 aromatic carbocycles. The maximum Gasteiger partial charge on any atom is 0.240 e. The molecule has 0 saturated carbocycles. The molecule has 22 heavy (non-hydrogen) atoms. The number of anilines is 2. The normalized spacial score (nSPS) is 12.0. The summed E-state index contributed by atoms with van der Waals surface area (Å²) in [6, 6.07) is 4.28. The Morgan fingerprint density at radius 3 is 2.59 bits per heavy atom. The average Bonchev–Trinajstić information content (AvgIpc) is 2.41. The second-order valence-corrected chi connectivity index (χ2v) is 5.43. The second kappa shape index (κ2) is 6.95. The van der Waals surface area contributed by atoms with Crippen molar-refractivity contribution in [2.24, 2.45) is 5.73 Å². The summed E-state index contributed by atoms with van der Waals surface area (Å²) in [6.45, 7) is 0. The number of nitrogens with zero attached hydrogens (tertiary/aromatic N) is 3. The van der Waals surface area contributed by atoms with Crippen molar-refractivity contribution in [2.45, 2.75) is 12.5 Å². The van der Waals surface area contributed by atoms with E-state index in [0.29, 0.717) is 15.6 Å². The van der Waals surface area contributed by atoms with Gasteiger partial charge < -0.3 is 16.8 Å². The highest BCUT2D eigenvalue weighted by Gasteiger charge is 2.19. The smallest absolute Gasteiger partial charge is 0.240 e. The molecule has 5 N–H and O–H groups in total. The molecule has 116 valence electrons. The SMILES string of the molecule is NC(=O)C(Cc1cccc(Cl)c1Cl)Nc1nc(N)nc(Cl)n1. The van der Waals surface area contributed by atoms with E-state index in [1.54, 1.807) is 18.2 Å². The van der Waals surface area contributed by atoms with E-state index in [-0.39, 0.29) is 23.6 Å². The molecule has 1 unspecified atom stereocenters.